The molecule has 2 bridgehead atoms. The lowest BCUT2D eigenvalue weighted by molar-refractivity contribution is 0.0614. The maximum Gasteiger partial charge on any atom is 0.304 e. The summed E-state index contributed by atoms with van der Waals surface area (Å²) in [5.41, 5.74) is 4.24. The molecule has 2 atom stereocenters. The molecule has 2 aromatic carbocycles. The summed E-state index contributed by atoms with van der Waals surface area (Å²) in [6.07, 6.45) is 3.92. The zero-order valence-electron chi connectivity index (χ0n) is 26.0. The molecule has 244 valence electrons. The Balaban J connectivity index is 1.16. The van der Waals surface area contributed by atoms with Gasteiger partial charge in [0.25, 0.3) is 0 Å². The first-order valence-corrected chi connectivity index (χ1v) is 16.6. The summed E-state index contributed by atoms with van der Waals surface area (Å²) < 4.78 is 71.7. The van der Waals surface area contributed by atoms with E-state index >= 15 is 0 Å². The number of nitrogens with zero attached hydrogens (tertiary/aromatic N) is 4. The lowest BCUT2D eigenvalue weighted by atomic mass is 9.99. The number of carbonyl (C=O) groups excluding carboxylic acids is 1. The quantitative estimate of drug-likeness (QED) is 0.178. The first kappa shape index (κ1) is 31.0. The van der Waals surface area contributed by atoms with E-state index in [1.807, 2.05) is 19.9 Å². The highest BCUT2D eigenvalue weighted by molar-refractivity contribution is 7.90. The van der Waals surface area contributed by atoms with Gasteiger partial charge in [0.15, 0.2) is 11.6 Å². The number of fused-ring (bicyclic) bond motifs is 3. The summed E-state index contributed by atoms with van der Waals surface area (Å²) in [7, 11) is -3.86. The average molecular weight is 663 g/mol. The van der Waals surface area contributed by atoms with E-state index < -0.39 is 33.8 Å². The predicted molar refractivity (Wildman–Crippen MR) is 170 cm³/mol. The number of anilines is 1. The highest BCUT2D eigenvalue weighted by Gasteiger charge is 2.47. The van der Waals surface area contributed by atoms with Crippen molar-refractivity contribution in [3.63, 3.8) is 0 Å². The van der Waals surface area contributed by atoms with Gasteiger partial charge in [0.05, 0.1) is 53.4 Å². The number of pyridine rings is 1. The minimum Gasteiger partial charge on any atom is -0.433 e. The van der Waals surface area contributed by atoms with Crippen molar-refractivity contribution in [2.45, 2.75) is 58.7 Å². The molecule has 0 saturated carbocycles. The Morgan fingerprint density at radius 3 is 2.51 bits per heavy atom. The van der Waals surface area contributed by atoms with Crippen LogP contribution in [-0.2, 0) is 14.9 Å². The van der Waals surface area contributed by atoms with Gasteiger partial charge in [-0.25, -0.2) is 18.4 Å². The van der Waals surface area contributed by atoms with Gasteiger partial charge in [-0.15, -0.1) is 0 Å². The molecule has 0 spiro atoms. The second kappa shape index (κ2) is 11.5. The Hall–Kier alpha value is -4.66. The molecule has 7 rings (SSSR count). The average Bonchev–Trinajstić information content (AvgIpc) is 3.82. The number of hydrogen-bond acceptors (Lipinski definition) is 7. The maximum absolute atomic E-state index is 14.1. The fraction of sp³-hybridized carbons (Fsp3) is 0.303. The molecular formula is C33H32F2N6O5S. The molecular weight excluding hydrogens is 630 g/mol. The third-order valence-corrected chi connectivity index (χ3v) is 10.3. The van der Waals surface area contributed by atoms with E-state index in [1.54, 1.807) is 30.7 Å². The monoisotopic (exact) mass is 662 g/mol. The van der Waals surface area contributed by atoms with Crippen LogP contribution in [0.5, 0.6) is 11.6 Å². The molecule has 0 radical (unpaired) electrons. The van der Waals surface area contributed by atoms with Crippen molar-refractivity contribution < 1.29 is 31.5 Å². The Kier molecular flexibility index (Phi) is 7.61. The van der Waals surface area contributed by atoms with E-state index in [-0.39, 0.29) is 23.6 Å². The standard InChI is InChI=1S/C33H32F2N6O5S/c1-17(2)22-11-20-12-28(38-26(20)13-27(22)39-47(43,44)41-21-8-9-31(41)45-16-21)32(42)23-14-37-40(19(23)4)29-15-36-30(10-18(29)3)46-33-24(34)6-5-7-25(33)35/h5-7,10-15,17,21,31,38-39H,8-9,16H2,1-4H3. The van der Waals surface area contributed by atoms with Gasteiger partial charge in [0.2, 0.25) is 17.4 Å². The van der Waals surface area contributed by atoms with Crippen LogP contribution in [-0.4, -0.2) is 57.1 Å². The van der Waals surface area contributed by atoms with Crippen LogP contribution >= 0.6 is 0 Å². The third kappa shape index (κ3) is 5.45. The number of aromatic amines is 1. The van der Waals surface area contributed by atoms with Crippen LogP contribution in [0.3, 0.4) is 0 Å². The molecule has 0 amide bonds. The van der Waals surface area contributed by atoms with E-state index in [0.717, 1.165) is 29.5 Å². The van der Waals surface area contributed by atoms with Crippen molar-refractivity contribution in [1.82, 2.24) is 24.1 Å². The molecule has 5 heterocycles. The lowest BCUT2D eigenvalue weighted by Crippen LogP contribution is -2.40. The third-order valence-electron chi connectivity index (χ3n) is 8.71. The number of benzene rings is 2. The van der Waals surface area contributed by atoms with Crippen LogP contribution in [0, 0.1) is 25.5 Å². The van der Waals surface area contributed by atoms with Gasteiger partial charge in [0.1, 0.15) is 6.23 Å². The summed E-state index contributed by atoms with van der Waals surface area (Å²) in [5.74, 6) is -2.55. The normalized spacial score (nSPS) is 18.0. The molecule has 11 nitrogen and oxygen atoms in total. The smallest absolute Gasteiger partial charge is 0.304 e. The maximum atomic E-state index is 14.1. The molecule has 47 heavy (non-hydrogen) atoms. The van der Waals surface area contributed by atoms with Crippen LogP contribution in [0.1, 0.15) is 65.5 Å². The van der Waals surface area contributed by atoms with E-state index in [1.165, 1.54) is 28.8 Å². The number of halogens is 2. The molecule has 2 aliphatic heterocycles. The fourth-order valence-corrected chi connectivity index (χ4v) is 7.89. The Morgan fingerprint density at radius 1 is 1.11 bits per heavy atom. The van der Waals surface area contributed by atoms with Gasteiger partial charge in [-0.2, -0.15) is 17.8 Å². The highest BCUT2D eigenvalue weighted by atomic mass is 32.2. The largest absolute Gasteiger partial charge is 0.433 e. The molecule has 2 N–H and O–H groups in total. The summed E-state index contributed by atoms with van der Waals surface area (Å²) >= 11 is 0. The molecule has 3 aromatic heterocycles. The van der Waals surface area contributed by atoms with Crippen LogP contribution in [0.4, 0.5) is 14.5 Å². The van der Waals surface area contributed by atoms with Gasteiger partial charge in [0, 0.05) is 17.0 Å². The number of H-pyrrole nitrogens is 1. The minimum atomic E-state index is -3.86. The number of nitrogens with one attached hydrogen (secondary N) is 2. The topological polar surface area (TPSA) is 131 Å². The van der Waals surface area contributed by atoms with Gasteiger partial charge in [-0.05, 0) is 74.1 Å². The molecule has 2 aliphatic rings. The van der Waals surface area contributed by atoms with Gasteiger partial charge < -0.3 is 14.5 Å². The molecule has 14 heteroatoms. The number of hydrogen-bond donors (Lipinski definition) is 2. The van der Waals surface area contributed by atoms with E-state index in [2.05, 4.69) is 19.8 Å². The van der Waals surface area contributed by atoms with Crippen molar-refractivity contribution in [3.8, 4) is 17.3 Å². The second-order valence-electron chi connectivity index (χ2n) is 12.2. The van der Waals surface area contributed by atoms with E-state index in [4.69, 9.17) is 9.47 Å². The Bertz CT molecular complexity index is 2120. The predicted octanol–water partition coefficient (Wildman–Crippen LogP) is 6.27. The number of aryl methyl sites for hydroxylation is 1. The summed E-state index contributed by atoms with van der Waals surface area (Å²) in [4.78, 5) is 21.1. The number of rotatable bonds is 9. The minimum absolute atomic E-state index is 0.00187. The van der Waals surface area contributed by atoms with Gasteiger partial charge in [-0.1, -0.05) is 19.9 Å². The number of ketones is 1. The van der Waals surface area contributed by atoms with E-state index in [9.17, 15) is 22.0 Å². The summed E-state index contributed by atoms with van der Waals surface area (Å²) in [6, 6.07) is 10.1. The van der Waals surface area contributed by atoms with Crippen molar-refractivity contribution >= 4 is 32.6 Å². The SMILES string of the molecule is Cc1cc(Oc2c(F)cccc2F)ncc1-n1ncc(C(=O)c2cc3cc(C(C)C)c(NS(=O)(=O)N4C5CCC4OC5)cc3[nH]2)c1C. The van der Waals surface area contributed by atoms with Crippen molar-refractivity contribution in [2.75, 3.05) is 11.3 Å². The number of para-hydroxylation sites is 1. The van der Waals surface area contributed by atoms with Crippen LogP contribution in [0.25, 0.3) is 16.6 Å². The van der Waals surface area contributed by atoms with Gasteiger partial charge >= 0.3 is 10.2 Å². The first-order chi connectivity index (χ1) is 22.4. The molecule has 0 aliphatic carbocycles. The molecule has 2 fully saturated rings. The Morgan fingerprint density at radius 2 is 1.87 bits per heavy atom. The highest BCUT2D eigenvalue weighted by Crippen LogP contribution is 2.37. The zero-order valence-corrected chi connectivity index (χ0v) is 26.9. The van der Waals surface area contributed by atoms with Crippen molar-refractivity contribution in [3.05, 3.63) is 94.6 Å². The molecule has 2 saturated heterocycles. The second-order valence-corrected chi connectivity index (χ2v) is 13.7. The number of carbonyl (C=O) groups is 1. The van der Waals surface area contributed by atoms with Crippen LogP contribution in [0.2, 0.25) is 0 Å². The van der Waals surface area contributed by atoms with Crippen molar-refractivity contribution in [2.24, 2.45) is 0 Å². The van der Waals surface area contributed by atoms with E-state index in [0.29, 0.717) is 52.4 Å². The lowest BCUT2D eigenvalue weighted by Gasteiger charge is -2.22. The summed E-state index contributed by atoms with van der Waals surface area (Å²) in [5, 5.41) is 5.19. The fourth-order valence-electron chi connectivity index (χ4n) is 6.30. The van der Waals surface area contributed by atoms with Crippen LogP contribution < -0.4 is 9.46 Å². The van der Waals surface area contributed by atoms with Crippen molar-refractivity contribution in [1.29, 1.82) is 0 Å². The zero-order chi connectivity index (χ0) is 33.2. The first-order valence-electron chi connectivity index (χ1n) is 15.2. The molecule has 2 unspecified atom stereocenters. The number of aromatic nitrogens is 4. The summed E-state index contributed by atoms with van der Waals surface area (Å²) in [6.45, 7) is 7.87. The molecule has 5 aromatic rings. The Labute approximate surface area is 269 Å². The van der Waals surface area contributed by atoms with Gasteiger partial charge in [-0.3, -0.25) is 9.52 Å². The van der Waals surface area contributed by atoms with Crippen LogP contribution in [0.15, 0.2) is 54.9 Å². The number of ether oxygens (including phenoxy) is 2.